The van der Waals surface area contributed by atoms with Crippen molar-refractivity contribution in [3.8, 4) is 0 Å². The molecule has 1 aliphatic heterocycles. The second-order valence-corrected chi connectivity index (χ2v) is 7.79. The van der Waals surface area contributed by atoms with Gasteiger partial charge in [0.05, 0.1) is 4.90 Å². The number of halogens is 1. The van der Waals surface area contributed by atoms with Crippen molar-refractivity contribution in [2.45, 2.75) is 25.2 Å². The van der Waals surface area contributed by atoms with Crippen LogP contribution in [-0.2, 0) is 21.2 Å². The van der Waals surface area contributed by atoms with Gasteiger partial charge in [-0.15, -0.1) is 0 Å². The Balaban J connectivity index is 1.92. The number of hydrogen-bond donors (Lipinski definition) is 1. The summed E-state index contributed by atoms with van der Waals surface area (Å²) in [6.45, 7) is 3.81. The average molecular weight is 365 g/mol. The molecule has 2 aromatic rings. The Morgan fingerprint density at radius 1 is 1.25 bits per heavy atom. The van der Waals surface area contributed by atoms with E-state index in [9.17, 15) is 13.2 Å². The highest BCUT2D eigenvalue weighted by molar-refractivity contribution is 7.92. The molecule has 2 aromatic carbocycles. The summed E-state index contributed by atoms with van der Waals surface area (Å²) < 4.78 is 27.8. The lowest BCUT2D eigenvalue weighted by atomic mass is 10.1. The minimum absolute atomic E-state index is 0.0170. The first kappa shape index (κ1) is 16.8. The zero-order valence-corrected chi connectivity index (χ0v) is 14.9. The monoisotopic (exact) mass is 364 g/mol. The Labute approximate surface area is 146 Å². The van der Waals surface area contributed by atoms with Crippen LogP contribution in [0, 0.1) is 6.92 Å². The average Bonchev–Trinajstić information content (AvgIpc) is 2.92. The van der Waals surface area contributed by atoms with E-state index in [4.69, 9.17) is 11.6 Å². The second kappa shape index (κ2) is 6.11. The van der Waals surface area contributed by atoms with Gasteiger partial charge in [0.15, 0.2) is 0 Å². The van der Waals surface area contributed by atoms with Gasteiger partial charge in [-0.05, 0) is 54.8 Å². The molecule has 0 saturated heterocycles. The summed E-state index contributed by atoms with van der Waals surface area (Å²) in [6, 6.07) is 9.99. The van der Waals surface area contributed by atoms with Crippen LogP contribution in [0.3, 0.4) is 0 Å². The quantitative estimate of drug-likeness (QED) is 0.908. The summed E-state index contributed by atoms with van der Waals surface area (Å²) in [7, 11) is -3.73. The van der Waals surface area contributed by atoms with Crippen LogP contribution in [0.5, 0.6) is 0 Å². The van der Waals surface area contributed by atoms with Gasteiger partial charge >= 0.3 is 0 Å². The van der Waals surface area contributed by atoms with Crippen LogP contribution in [0.2, 0.25) is 5.02 Å². The van der Waals surface area contributed by atoms with E-state index in [0.717, 1.165) is 11.3 Å². The zero-order valence-electron chi connectivity index (χ0n) is 13.3. The third-order valence-corrected chi connectivity index (χ3v) is 6.05. The molecule has 1 aliphatic rings. The molecule has 1 amide bonds. The maximum absolute atomic E-state index is 12.6. The molecule has 0 aromatic heterocycles. The molecule has 1 heterocycles. The normalized spacial score (nSPS) is 13.7. The van der Waals surface area contributed by atoms with E-state index in [1.165, 1.54) is 13.0 Å². The summed E-state index contributed by atoms with van der Waals surface area (Å²) in [5, 5.41) is 0.406. The molecule has 0 saturated carbocycles. The van der Waals surface area contributed by atoms with Crippen LogP contribution in [0.1, 0.15) is 18.1 Å². The molecule has 0 unspecified atom stereocenters. The highest BCUT2D eigenvalue weighted by Gasteiger charge is 2.24. The Hall–Kier alpha value is -2.05. The number of anilines is 2. The van der Waals surface area contributed by atoms with E-state index in [1.807, 2.05) is 0 Å². The summed E-state index contributed by atoms with van der Waals surface area (Å²) in [6.07, 6.45) is 0.709. The highest BCUT2D eigenvalue weighted by atomic mass is 35.5. The van der Waals surface area contributed by atoms with Crippen molar-refractivity contribution in [3.63, 3.8) is 0 Å². The van der Waals surface area contributed by atoms with Crippen molar-refractivity contribution in [1.29, 1.82) is 0 Å². The molecule has 0 radical (unpaired) electrons. The molecule has 0 spiro atoms. The van der Waals surface area contributed by atoms with Crippen molar-refractivity contribution in [2.75, 3.05) is 16.2 Å². The first-order chi connectivity index (χ1) is 11.3. The summed E-state index contributed by atoms with van der Waals surface area (Å²) in [5.41, 5.74) is 2.77. The number of rotatable bonds is 3. The van der Waals surface area contributed by atoms with E-state index >= 15 is 0 Å². The standard InChI is InChI=1S/C17H17ClN2O3S/c1-11-15(18)4-3-5-17(11)24(22,23)19-14-6-7-16-13(10-14)8-9-20(16)12(2)21/h3-7,10,19H,8-9H2,1-2H3. The predicted molar refractivity (Wildman–Crippen MR) is 95.2 cm³/mol. The zero-order chi connectivity index (χ0) is 17.5. The topological polar surface area (TPSA) is 66.5 Å². The van der Waals surface area contributed by atoms with Crippen molar-refractivity contribution in [2.24, 2.45) is 0 Å². The van der Waals surface area contributed by atoms with Crippen LogP contribution in [0.4, 0.5) is 11.4 Å². The largest absolute Gasteiger partial charge is 0.312 e. The number of carbonyl (C=O) groups excluding carboxylic acids is 1. The van der Waals surface area contributed by atoms with Gasteiger partial charge in [-0.25, -0.2) is 8.42 Å². The van der Waals surface area contributed by atoms with Gasteiger partial charge < -0.3 is 4.90 Å². The van der Waals surface area contributed by atoms with Crippen molar-refractivity contribution in [3.05, 3.63) is 52.5 Å². The number of fused-ring (bicyclic) bond motifs is 1. The summed E-state index contributed by atoms with van der Waals surface area (Å²) >= 11 is 6.02. The molecule has 0 bridgehead atoms. The SMILES string of the molecule is CC(=O)N1CCc2cc(NS(=O)(=O)c3cccc(Cl)c3C)ccc21. The fraction of sp³-hybridized carbons (Fsp3) is 0.235. The molecule has 0 atom stereocenters. The number of benzene rings is 2. The number of amides is 1. The number of hydrogen-bond acceptors (Lipinski definition) is 3. The summed E-state index contributed by atoms with van der Waals surface area (Å²) in [5.74, 6) is -0.0170. The molecular formula is C17H17ClN2O3S. The van der Waals surface area contributed by atoms with Crippen molar-refractivity contribution >= 4 is 38.9 Å². The van der Waals surface area contributed by atoms with Crippen LogP contribution in [0.25, 0.3) is 0 Å². The fourth-order valence-electron chi connectivity index (χ4n) is 2.88. The molecular weight excluding hydrogens is 348 g/mol. The minimum Gasteiger partial charge on any atom is -0.312 e. The van der Waals surface area contributed by atoms with Crippen LogP contribution in [-0.4, -0.2) is 20.9 Å². The number of sulfonamides is 1. The molecule has 5 nitrogen and oxygen atoms in total. The number of nitrogens with one attached hydrogen (secondary N) is 1. The first-order valence-electron chi connectivity index (χ1n) is 7.48. The molecule has 24 heavy (non-hydrogen) atoms. The Morgan fingerprint density at radius 2 is 2.00 bits per heavy atom. The fourth-order valence-corrected chi connectivity index (χ4v) is 4.43. The van der Waals surface area contributed by atoms with E-state index in [1.54, 1.807) is 42.2 Å². The molecule has 7 heteroatoms. The maximum Gasteiger partial charge on any atom is 0.262 e. The van der Waals surface area contributed by atoms with Crippen LogP contribution in [0.15, 0.2) is 41.3 Å². The third kappa shape index (κ3) is 2.99. The first-order valence-corrected chi connectivity index (χ1v) is 9.34. The lowest BCUT2D eigenvalue weighted by Crippen LogP contribution is -2.25. The third-order valence-electron chi connectivity index (χ3n) is 4.11. The van der Waals surface area contributed by atoms with Gasteiger partial charge in [0.2, 0.25) is 5.91 Å². The molecule has 1 N–H and O–H groups in total. The van der Waals surface area contributed by atoms with E-state index in [0.29, 0.717) is 29.2 Å². The summed E-state index contributed by atoms with van der Waals surface area (Å²) in [4.78, 5) is 13.4. The number of nitrogens with zero attached hydrogens (tertiary/aromatic N) is 1. The van der Waals surface area contributed by atoms with Crippen LogP contribution < -0.4 is 9.62 Å². The van der Waals surface area contributed by atoms with Crippen molar-refractivity contribution < 1.29 is 13.2 Å². The van der Waals surface area contributed by atoms with Crippen LogP contribution >= 0.6 is 11.6 Å². The Morgan fingerprint density at radius 3 is 2.71 bits per heavy atom. The van der Waals surface area contributed by atoms with Crippen molar-refractivity contribution in [1.82, 2.24) is 0 Å². The van der Waals surface area contributed by atoms with E-state index in [-0.39, 0.29) is 10.8 Å². The van der Waals surface area contributed by atoms with E-state index in [2.05, 4.69) is 4.72 Å². The predicted octanol–water partition coefficient (Wildman–Crippen LogP) is 3.36. The Kier molecular flexibility index (Phi) is 4.27. The molecule has 0 fully saturated rings. The van der Waals surface area contributed by atoms with Gasteiger partial charge in [0.25, 0.3) is 10.0 Å². The van der Waals surface area contributed by atoms with Gasteiger partial charge in [-0.2, -0.15) is 0 Å². The lowest BCUT2D eigenvalue weighted by Gasteiger charge is -2.15. The molecule has 126 valence electrons. The smallest absolute Gasteiger partial charge is 0.262 e. The van der Waals surface area contributed by atoms with Gasteiger partial charge in [0.1, 0.15) is 0 Å². The lowest BCUT2D eigenvalue weighted by molar-refractivity contribution is -0.116. The van der Waals surface area contributed by atoms with Gasteiger partial charge in [-0.1, -0.05) is 17.7 Å². The second-order valence-electron chi connectivity index (χ2n) is 5.73. The molecule has 3 rings (SSSR count). The maximum atomic E-state index is 12.6. The van der Waals surface area contributed by atoms with Gasteiger partial charge in [0, 0.05) is 29.9 Å². The Bertz CT molecular complexity index is 925. The minimum atomic E-state index is -3.73. The number of carbonyl (C=O) groups is 1. The molecule has 0 aliphatic carbocycles. The van der Waals surface area contributed by atoms with E-state index < -0.39 is 10.0 Å². The van der Waals surface area contributed by atoms with Gasteiger partial charge in [-0.3, -0.25) is 9.52 Å². The highest BCUT2D eigenvalue weighted by Crippen LogP contribution is 2.32.